The number of ketones is 3. The van der Waals surface area contributed by atoms with Gasteiger partial charge in [0, 0.05) is 28.7 Å². The van der Waals surface area contributed by atoms with Crippen LogP contribution in [-0.4, -0.2) is 38.3 Å². The molecular formula is C19H14O6. The summed E-state index contributed by atoms with van der Waals surface area (Å²) in [6.45, 7) is 1.35. The van der Waals surface area contributed by atoms with Crippen LogP contribution in [0.1, 0.15) is 67.2 Å². The fourth-order valence-corrected chi connectivity index (χ4v) is 3.65. The molecule has 0 radical (unpaired) electrons. The summed E-state index contributed by atoms with van der Waals surface area (Å²) >= 11 is 0. The van der Waals surface area contributed by atoms with E-state index in [0.29, 0.717) is 0 Å². The number of phenolic OH excluding ortho intramolecular Hbond substituents is 1. The molecule has 3 N–H and O–H groups in total. The number of Topliss-reactive ketones (excluding diaryl/α,β-unsaturated/α-hetero) is 1. The minimum Gasteiger partial charge on any atom is -0.507 e. The second kappa shape index (κ2) is 4.84. The zero-order chi connectivity index (χ0) is 18.1. The first kappa shape index (κ1) is 15.7. The maximum atomic E-state index is 12.9. The molecule has 6 heteroatoms. The second-order valence-corrected chi connectivity index (χ2v) is 6.67. The van der Waals surface area contributed by atoms with Gasteiger partial charge in [0.2, 0.25) is 0 Å². The minimum absolute atomic E-state index is 0.0137. The van der Waals surface area contributed by atoms with Crippen LogP contribution in [0.5, 0.6) is 5.75 Å². The van der Waals surface area contributed by atoms with Crippen LogP contribution in [0.2, 0.25) is 0 Å². The average Bonchev–Trinajstić information content (AvgIpc) is 2.56. The summed E-state index contributed by atoms with van der Waals surface area (Å²) in [5.41, 5.74) is -1.66. The lowest BCUT2D eigenvalue weighted by Crippen LogP contribution is -2.41. The van der Waals surface area contributed by atoms with Crippen LogP contribution >= 0.6 is 0 Å². The Labute approximate surface area is 142 Å². The topological polar surface area (TPSA) is 112 Å². The van der Waals surface area contributed by atoms with Crippen LogP contribution in [0.15, 0.2) is 30.3 Å². The van der Waals surface area contributed by atoms with Crippen molar-refractivity contribution in [3.8, 4) is 5.75 Å². The van der Waals surface area contributed by atoms with Crippen LogP contribution < -0.4 is 0 Å². The fraction of sp³-hybridized carbons (Fsp3) is 0.211. The molecular weight excluding hydrogens is 324 g/mol. The van der Waals surface area contributed by atoms with Crippen molar-refractivity contribution in [2.75, 3.05) is 0 Å². The second-order valence-electron chi connectivity index (χ2n) is 6.67. The first-order chi connectivity index (χ1) is 11.7. The summed E-state index contributed by atoms with van der Waals surface area (Å²) in [6.07, 6.45) is -1.70. The molecule has 0 amide bonds. The molecule has 126 valence electrons. The van der Waals surface area contributed by atoms with E-state index in [1.54, 1.807) is 0 Å². The molecule has 0 heterocycles. The summed E-state index contributed by atoms with van der Waals surface area (Å²) in [6, 6.07) is 6.90. The van der Waals surface area contributed by atoms with Gasteiger partial charge in [0.15, 0.2) is 17.3 Å². The number of hydrogen-bond donors (Lipinski definition) is 3. The van der Waals surface area contributed by atoms with Gasteiger partial charge in [-0.15, -0.1) is 0 Å². The summed E-state index contributed by atoms with van der Waals surface area (Å²) in [7, 11) is 0. The number of aromatic hydroxyl groups is 1. The van der Waals surface area contributed by atoms with Gasteiger partial charge in [-0.3, -0.25) is 14.4 Å². The smallest absolute Gasteiger partial charge is 0.198 e. The maximum Gasteiger partial charge on any atom is 0.198 e. The zero-order valence-electron chi connectivity index (χ0n) is 13.2. The first-order valence-electron chi connectivity index (χ1n) is 7.76. The van der Waals surface area contributed by atoms with Gasteiger partial charge < -0.3 is 15.3 Å². The number of carbonyl (C=O) groups excluding carboxylic acids is 3. The van der Waals surface area contributed by atoms with Crippen LogP contribution in [0.25, 0.3) is 0 Å². The molecule has 4 rings (SSSR count). The van der Waals surface area contributed by atoms with E-state index in [4.69, 9.17) is 0 Å². The van der Waals surface area contributed by atoms with Crippen molar-refractivity contribution in [1.29, 1.82) is 0 Å². The van der Waals surface area contributed by atoms with Crippen LogP contribution in [0.3, 0.4) is 0 Å². The highest BCUT2D eigenvalue weighted by molar-refractivity contribution is 6.32. The Kier molecular flexibility index (Phi) is 3.04. The number of aliphatic hydroxyl groups is 2. The van der Waals surface area contributed by atoms with E-state index >= 15 is 0 Å². The van der Waals surface area contributed by atoms with Gasteiger partial charge >= 0.3 is 0 Å². The highest BCUT2D eigenvalue weighted by atomic mass is 16.3. The number of rotatable bonds is 0. The molecule has 0 bridgehead atoms. The third-order valence-corrected chi connectivity index (χ3v) is 4.90. The predicted molar refractivity (Wildman–Crippen MR) is 85.9 cm³/mol. The van der Waals surface area contributed by atoms with E-state index in [1.165, 1.54) is 37.3 Å². The molecule has 2 aliphatic carbocycles. The molecule has 2 unspecified atom stereocenters. The molecule has 2 atom stereocenters. The van der Waals surface area contributed by atoms with Crippen LogP contribution in [0.4, 0.5) is 0 Å². The van der Waals surface area contributed by atoms with Crippen molar-refractivity contribution >= 4 is 17.3 Å². The number of aliphatic hydroxyl groups excluding tert-OH is 1. The quantitative estimate of drug-likeness (QED) is 0.573. The van der Waals surface area contributed by atoms with Crippen molar-refractivity contribution < 1.29 is 29.7 Å². The Morgan fingerprint density at radius 1 is 0.960 bits per heavy atom. The van der Waals surface area contributed by atoms with Crippen molar-refractivity contribution in [3.63, 3.8) is 0 Å². The van der Waals surface area contributed by atoms with Gasteiger partial charge in [-0.25, -0.2) is 0 Å². The van der Waals surface area contributed by atoms with Crippen LogP contribution in [0, 0.1) is 0 Å². The van der Waals surface area contributed by atoms with E-state index in [0.717, 1.165) is 0 Å². The number of benzene rings is 2. The number of fused-ring (bicyclic) bond motifs is 4. The lowest BCUT2D eigenvalue weighted by Gasteiger charge is -2.36. The highest BCUT2D eigenvalue weighted by Gasteiger charge is 2.45. The van der Waals surface area contributed by atoms with E-state index in [-0.39, 0.29) is 45.6 Å². The van der Waals surface area contributed by atoms with Gasteiger partial charge in [0.1, 0.15) is 11.9 Å². The molecule has 0 saturated carbocycles. The first-order valence-corrected chi connectivity index (χ1v) is 7.76. The predicted octanol–water partition coefficient (Wildman–Crippen LogP) is 1.54. The molecule has 0 aromatic heterocycles. The summed E-state index contributed by atoms with van der Waals surface area (Å²) in [4.78, 5) is 38.2. The Hall–Kier alpha value is -2.83. The van der Waals surface area contributed by atoms with Crippen molar-refractivity contribution in [3.05, 3.63) is 63.7 Å². The lowest BCUT2D eigenvalue weighted by atomic mass is 9.72. The van der Waals surface area contributed by atoms with E-state index in [2.05, 4.69) is 0 Å². The zero-order valence-corrected chi connectivity index (χ0v) is 13.2. The summed E-state index contributed by atoms with van der Waals surface area (Å²) in [5, 5.41) is 30.5. The number of hydrogen-bond acceptors (Lipinski definition) is 6. The third kappa shape index (κ3) is 1.95. The molecule has 0 fully saturated rings. The molecule has 2 aromatic carbocycles. The van der Waals surface area contributed by atoms with Crippen LogP contribution in [-0.2, 0) is 0 Å². The number of carbonyl (C=O) groups is 3. The van der Waals surface area contributed by atoms with Gasteiger partial charge in [-0.1, -0.05) is 18.2 Å². The lowest BCUT2D eigenvalue weighted by molar-refractivity contribution is -0.0675. The molecule has 0 aliphatic heterocycles. The van der Waals surface area contributed by atoms with E-state index in [1.807, 2.05) is 0 Å². The Morgan fingerprint density at radius 3 is 2.32 bits per heavy atom. The standard InChI is InChI=1S/C19H14O6/c1-19(25)7-12(21)13-10(18(19)24)6-5-9-15(13)17(23)8-3-2-4-11(20)14(8)16(9)22/h2-6,18,20,24-25H,7H2,1H3. The van der Waals surface area contributed by atoms with Gasteiger partial charge in [-0.05, 0) is 24.6 Å². The molecule has 2 aliphatic rings. The normalized spacial score (nSPS) is 24.6. The maximum absolute atomic E-state index is 12.9. The Balaban J connectivity index is 2.04. The Morgan fingerprint density at radius 2 is 1.60 bits per heavy atom. The van der Waals surface area contributed by atoms with Crippen molar-refractivity contribution in [2.24, 2.45) is 0 Å². The van der Waals surface area contributed by atoms with Gasteiger partial charge in [-0.2, -0.15) is 0 Å². The monoisotopic (exact) mass is 338 g/mol. The Bertz CT molecular complexity index is 986. The van der Waals surface area contributed by atoms with Gasteiger partial charge in [0.05, 0.1) is 11.2 Å². The van der Waals surface area contributed by atoms with E-state index < -0.39 is 29.1 Å². The highest BCUT2D eigenvalue weighted by Crippen LogP contribution is 2.42. The van der Waals surface area contributed by atoms with Crippen molar-refractivity contribution in [1.82, 2.24) is 0 Å². The fourth-order valence-electron chi connectivity index (χ4n) is 3.65. The van der Waals surface area contributed by atoms with Gasteiger partial charge in [0.25, 0.3) is 0 Å². The molecule has 6 nitrogen and oxygen atoms in total. The SMILES string of the molecule is CC1(O)CC(=O)c2c(ccc3c2C(=O)c2cccc(O)c2C3=O)C1O. The average molecular weight is 338 g/mol. The molecule has 25 heavy (non-hydrogen) atoms. The largest absolute Gasteiger partial charge is 0.507 e. The third-order valence-electron chi connectivity index (χ3n) is 4.90. The molecule has 0 spiro atoms. The minimum atomic E-state index is -1.64. The summed E-state index contributed by atoms with van der Waals surface area (Å²) in [5.74, 6) is -1.91. The summed E-state index contributed by atoms with van der Waals surface area (Å²) < 4.78 is 0. The number of phenols is 1. The van der Waals surface area contributed by atoms with E-state index in [9.17, 15) is 29.7 Å². The molecule has 0 saturated heterocycles. The molecule has 2 aromatic rings. The van der Waals surface area contributed by atoms with Crippen molar-refractivity contribution in [2.45, 2.75) is 25.0 Å².